The van der Waals surface area contributed by atoms with Crippen molar-refractivity contribution in [1.29, 1.82) is 0 Å². The van der Waals surface area contributed by atoms with Crippen molar-refractivity contribution in [1.82, 2.24) is 4.90 Å². The van der Waals surface area contributed by atoms with Crippen molar-refractivity contribution in [3.8, 4) is 5.75 Å². The number of methoxy groups -OCH3 is 2. The predicted octanol–water partition coefficient (Wildman–Crippen LogP) is 2.96. The van der Waals surface area contributed by atoms with Crippen LogP contribution in [0.1, 0.15) is 24.1 Å². The summed E-state index contributed by atoms with van der Waals surface area (Å²) in [6.45, 7) is 1.76. The molecule has 5 heteroatoms. The molecule has 0 aromatic heterocycles. The van der Waals surface area contributed by atoms with Crippen LogP contribution in [-0.4, -0.2) is 31.0 Å². The third kappa shape index (κ3) is 4.13. The van der Waals surface area contributed by atoms with Crippen LogP contribution in [0.25, 0.3) is 0 Å². The van der Waals surface area contributed by atoms with Crippen molar-refractivity contribution in [3.05, 3.63) is 65.7 Å². The molecular weight excluding hydrogens is 306 g/mol. The lowest BCUT2D eigenvalue weighted by atomic mass is 10.0. The number of amides is 1. The lowest BCUT2D eigenvalue weighted by Crippen LogP contribution is -2.37. The molecule has 0 aliphatic rings. The van der Waals surface area contributed by atoms with E-state index in [1.54, 1.807) is 31.4 Å². The maximum Gasteiger partial charge on any atom is 0.333 e. The van der Waals surface area contributed by atoms with Gasteiger partial charge in [0.15, 0.2) is 6.04 Å². The van der Waals surface area contributed by atoms with E-state index in [-0.39, 0.29) is 5.91 Å². The fraction of sp³-hybridized carbons (Fsp3) is 0.263. The summed E-state index contributed by atoms with van der Waals surface area (Å²) >= 11 is 0. The fourth-order valence-electron chi connectivity index (χ4n) is 2.53. The first kappa shape index (κ1) is 17.5. The summed E-state index contributed by atoms with van der Waals surface area (Å²) in [7, 11) is 2.87. The summed E-state index contributed by atoms with van der Waals surface area (Å²) in [4.78, 5) is 26.1. The van der Waals surface area contributed by atoms with Gasteiger partial charge in [0.25, 0.3) is 0 Å². The van der Waals surface area contributed by atoms with Gasteiger partial charge in [-0.2, -0.15) is 0 Å². The first-order valence-electron chi connectivity index (χ1n) is 7.59. The quantitative estimate of drug-likeness (QED) is 0.766. The highest BCUT2D eigenvalue weighted by atomic mass is 16.5. The van der Waals surface area contributed by atoms with E-state index in [1.165, 1.54) is 18.9 Å². The number of nitrogens with zero attached hydrogens (tertiary/aromatic N) is 1. The first-order chi connectivity index (χ1) is 11.6. The summed E-state index contributed by atoms with van der Waals surface area (Å²) in [6, 6.07) is 15.8. The molecule has 1 amide bonds. The molecule has 0 fully saturated rings. The van der Waals surface area contributed by atoms with Gasteiger partial charge in [-0.15, -0.1) is 0 Å². The van der Waals surface area contributed by atoms with E-state index < -0.39 is 12.0 Å². The summed E-state index contributed by atoms with van der Waals surface area (Å²) in [5, 5.41) is 0. The molecule has 0 spiro atoms. The van der Waals surface area contributed by atoms with Gasteiger partial charge in [0.2, 0.25) is 5.91 Å². The molecule has 2 rings (SSSR count). The van der Waals surface area contributed by atoms with E-state index in [4.69, 9.17) is 9.47 Å². The molecule has 0 saturated heterocycles. The van der Waals surface area contributed by atoms with E-state index in [2.05, 4.69) is 0 Å². The maximum atomic E-state index is 12.4. The molecular formula is C19H21NO4. The van der Waals surface area contributed by atoms with Crippen LogP contribution in [0.2, 0.25) is 0 Å². The lowest BCUT2D eigenvalue weighted by Gasteiger charge is -2.29. The van der Waals surface area contributed by atoms with Crippen molar-refractivity contribution in [2.24, 2.45) is 0 Å². The summed E-state index contributed by atoms with van der Waals surface area (Å²) < 4.78 is 10.2. The van der Waals surface area contributed by atoms with E-state index in [1.807, 2.05) is 30.3 Å². The summed E-state index contributed by atoms with van der Waals surface area (Å²) in [5.41, 5.74) is 1.58. The average Bonchev–Trinajstić information content (AvgIpc) is 2.61. The molecule has 0 heterocycles. The molecule has 0 aliphatic carbocycles. The number of benzene rings is 2. The number of rotatable bonds is 6. The number of hydrogen-bond donors (Lipinski definition) is 0. The summed E-state index contributed by atoms with van der Waals surface area (Å²) in [6.07, 6.45) is 0. The normalized spacial score (nSPS) is 11.5. The number of hydrogen-bond acceptors (Lipinski definition) is 4. The fourth-order valence-corrected chi connectivity index (χ4v) is 2.53. The van der Waals surface area contributed by atoms with Gasteiger partial charge >= 0.3 is 5.97 Å². The Hall–Kier alpha value is -2.82. The van der Waals surface area contributed by atoms with Crippen LogP contribution in [0.15, 0.2) is 54.6 Å². The number of ether oxygens (including phenoxy) is 2. The van der Waals surface area contributed by atoms with E-state index in [0.717, 1.165) is 5.56 Å². The van der Waals surface area contributed by atoms with Crippen LogP contribution in [0.5, 0.6) is 5.75 Å². The standard InChI is InChI=1S/C19H21NO4/c1-14(21)20(13-15-8-5-4-6-9-15)18(19(22)24-3)16-10-7-11-17(12-16)23-2/h4-12,18H,13H2,1-3H3. The average molecular weight is 327 g/mol. The topological polar surface area (TPSA) is 55.8 Å². The van der Waals surface area contributed by atoms with Crippen LogP contribution in [0.4, 0.5) is 0 Å². The highest BCUT2D eigenvalue weighted by Gasteiger charge is 2.31. The van der Waals surface area contributed by atoms with Gasteiger partial charge < -0.3 is 14.4 Å². The second kappa shape index (κ2) is 8.15. The van der Waals surface area contributed by atoms with Gasteiger partial charge in [-0.1, -0.05) is 42.5 Å². The molecule has 5 nitrogen and oxygen atoms in total. The minimum atomic E-state index is -0.831. The van der Waals surface area contributed by atoms with Crippen molar-refractivity contribution in [2.45, 2.75) is 19.5 Å². The van der Waals surface area contributed by atoms with Crippen LogP contribution in [0.3, 0.4) is 0 Å². The second-order valence-corrected chi connectivity index (χ2v) is 5.33. The zero-order valence-corrected chi connectivity index (χ0v) is 14.1. The Morgan fingerprint density at radius 3 is 2.33 bits per heavy atom. The Morgan fingerprint density at radius 1 is 1.04 bits per heavy atom. The van der Waals surface area contributed by atoms with Gasteiger partial charge in [0.1, 0.15) is 5.75 Å². The molecule has 0 N–H and O–H groups in total. The lowest BCUT2D eigenvalue weighted by molar-refractivity contribution is -0.153. The van der Waals surface area contributed by atoms with E-state index in [0.29, 0.717) is 17.9 Å². The predicted molar refractivity (Wildman–Crippen MR) is 90.4 cm³/mol. The van der Waals surface area contributed by atoms with Crippen molar-refractivity contribution < 1.29 is 19.1 Å². The molecule has 1 atom stereocenters. The molecule has 0 bridgehead atoms. The molecule has 126 valence electrons. The monoisotopic (exact) mass is 327 g/mol. The summed E-state index contributed by atoms with van der Waals surface area (Å²) in [5.74, 6) is -0.0870. The number of carbonyl (C=O) groups excluding carboxylic acids is 2. The van der Waals surface area contributed by atoms with Gasteiger partial charge in [0.05, 0.1) is 14.2 Å². The SMILES string of the molecule is COC(=O)C(c1cccc(OC)c1)N(Cc1ccccc1)C(C)=O. The van der Waals surface area contributed by atoms with Gasteiger partial charge in [-0.25, -0.2) is 4.79 Å². The zero-order valence-electron chi connectivity index (χ0n) is 14.1. The molecule has 2 aromatic rings. The minimum absolute atomic E-state index is 0.211. The molecule has 2 aromatic carbocycles. The molecule has 0 aliphatic heterocycles. The maximum absolute atomic E-state index is 12.4. The molecule has 1 unspecified atom stereocenters. The highest BCUT2D eigenvalue weighted by molar-refractivity contribution is 5.84. The highest BCUT2D eigenvalue weighted by Crippen LogP contribution is 2.27. The number of esters is 1. The second-order valence-electron chi connectivity index (χ2n) is 5.33. The Kier molecular flexibility index (Phi) is 5.95. The minimum Gasteiger partial charge on any atom is -0.497 e. The molecule has 0 radical (unpaired) electrons. The molecule has 0 saturated carbocycles. The Labute approximate surface area is 141 Å². The smallest absolute Gasteiger partial charge is 0.333 e. The van der Waals surface area contributed by atoms with Crippen molar-refractivity contribution in [2.75, 3.05) is 14.2 Å². The third-order valence-corrected chi connectivity index (χ3v) is 3.75. The van der Waals surface area contributed by atoms with Crippen molar-refractivity contribution >= 4 is 11.9 Å². The number of carbonyl (C=O) groups is 2. The van der Waals surface area contributed by atoms with Gasteiger partial charge in [-0.05, 0) is 23.3 Å². The van der Waals surface area contributed by atoms with Gasteiger partial charge in [-0.3, -0.25) is 4.79 Å². The van der Waals surface area contributed by atoms with E-state index >= 15 is 0 Å². The first-order valence-corrected chi connectivity index (χ1v) is 7.59. The zero-order chi connectivity index (χ0) is 17.5. The molecule has 24 heavy (non-hydrogen) atoms. The Balaban J connectivity index is 2.42. The van der Waals surface area contributed by atoms with Crippen LogP contribution in [-0.2, 0) is 20.9 Å². The van der Waals surface area contributed by atoms with E-state index in [9.17, 15) is 9.59 Å². The van der Waals surface area contributed by atoms with Crippen LogP contribution >= 0.6 is 0 Å². The van der Waals surface area contributed by atoms with Crippen LogP contribution in [0, 0.1) is 0 Å². The Bertz CT molecular complexity index is 700. The third-order valence-electron chi connectivity index (χ3n) is 3.75. The van der Waals surface area contributed by atoms with Crippen LogP contribution < -0.4 is 4.74 Å². The van der Waals surface area contributed by atoms with Gasteiger partial charge in [0, 0.05) is 13.5 Å². The Morgan fingerprint density at radius 2 is 1.75 bits per heavy atom. The largest absolute Gasteiger partial charge is 0.497 e. The van der Waals surface area contributed by atoms with Crippen molar-refractivity contribution in [3.63, 3.8) is 0 Å².